The highest BCUT2D eigenvalue weighted by atomic mass is 32.2. The molecule has 1 aromatic carbocycles. The molecule has 3 rings (SSSR count). The third-order valence-electron chi connectivity index (χ3n) is 2.79. The lowest BCUT2D eigenvalue weighted by atomic mass is 10.0. The van der Waals surface area contributed by atoms with Crippen LogP contribution in [-0.4, -0.2) is 25.6 Å². The van der Waals surface area contributed by atoms with Crippen molar-refractivity contribution in [3.8, 4) is 0 Å². The van der Waals surface area contributed by atoms with E-state index >= 15 is 0 Å². The number of benzene rings is 1. The Morgan fingerprint density at radius 1 is 1.38 bits per heavy atom. The van der Waals surface area contributed by atoms with E-state index < -0.39 is 6.10 Å². The first kappa shape index (κ1) is 9.86. The van der Waals surface area contributed by atoms with E-state index in [1.54, 1.807) is 22.8 Å². The van der Waals surface area contributed by atoms with Gasteiger partial charge < -0.3 is 5.11 Å². The lowest BCUT2D eigenvalue weighted by Gasteiger charge is -2.29. The third-order valence-corrected chi connectivity index (χ3v) is 3.98. The topological polar surface area (TPSA) is 50.9 Å². The van der Waals surface area contributed by atoms with Gasteiger partial charge in [0, 0.05) is 10.6 Å². The van der Waals surface area contributed by atoms with Gasteiger partial charge in [-0.1, -0.05) is 18.2 Å². The lowest BCUT2D eigenvalue weighted by molar-refractivity contribution is 0.113. The molecular weight excluding hydrogens is 222 g/mol. The second-order valence-electron chi connectivity index (χ2n) is 3.74. The molecule has 0 aliphatic carbocycles. The van der Waals surface area contributed by atoms with Gasteiger partial charge in [-0.25, -0.2) is 9.67 Å². The van der Waals surface area contributed by atoms with Gasteiger partial charge in [0.05, 0.1) is 6.04 Å². The van der Waals surface area contributed by atoms with Crippen molar-refractivity contribution >= 4 is 11.8 Å². The molecule has 0 amide bonds. The van der Waals surface area contributed by atoms with Crippen molar-refractivity contribution in [3.63, 3.8) is 0 Å². The monoisotopic (exact) mass is 233 g/mol. The zero-order valence-electron chi connectivity index (χ0n) is 8.52. The first-order valence-electron chi connectivity index (χ1n) is 5.10. The maximum absolute atomic E-state index is 10.3. The fraction of sp³-hybridized carbons (Fsp3) is 0.273. The Hall–Kier alpha value is -1.33. The van der Waals surface area contributed by atoms with E-state index in [9.17, 15) is 5.11 Å². The van der Waals surface area contributed by atoms with Crippen LogP contribution in [0.4, 0.5) is 0 Å². The summed E-state index contributed by atoms with van der Waals surface area (Å²) in [5.74, 6) is 0.821. The zero-order chi connectivity index (χ0) is 11.0. The molecule has 82 valence electrons. The molecule has 1 N–H and O–H groups in total. The van der Waals surface area contributed by atoms with Crippen molar-refractivity contribution in [2.24, 2.45) is 0 Å². The van der Waals surface area contributed by atoms with E-state index in [-0.39, 0.29) is 6.04 Å². The summed E-state index contributed by atoms with van der Waals surface area (Å²) in [7, 11) is 0. The van der Waals surface area contributed by atoms with Gasteiger partial charge in [0.2, 0.25) is 0 Å². The molecule has 2 atom stereocenters. The number of hydrogen-bond donors (Lipinski definition) is 1. The number of rotatable bonds is 1. The fourth-order valence-electron chi connectivity index (χ4n) is 1.94. The van der Waals surface area contributed by atoms with Crippen LogP contribution in [0, 0.1) is 0 Å². The van der Waals surface area contributed by atoms with Crippen LogP contribution in [0.2, 0.25) is 0 Å². The summed E-state index contributed by atoms with van der Waals surface area (Å²) < 4.78 is 1.73. The minimum absolute atomic E-state index is 0.0256. The minimum atomic E-state index is -0.501. The molecule has 1 aliphatic rings. The molecule has 0 radical (unpaired) electrons. The molecule has 2 unspecified atom stereocenters. The summed E-state index contributed by atoms with van der Waals surface area (Å²) in [6.45, 7) is 0. The number of aromatic nitrogens is 3. The number of fused-ring (bicyclic) bond motifs is 1. The quantitative estimate of drug-likeness (QED) is 0.814. The zero-order valence-corrected chi connectivity index (χ0v) is 9.34. The Kier molecular flexibility index (Phi) is 2.41. The standard InChI is InChI=1S/C11H11N3OS/c15-11-8-3-1-2-4-10(8)16-5-9(11)14-7-12-6-13-14/h1-4,6-7,9,11,15H,5H2. The van der Waals surface area contributed by atoms with Crippen LogP contribution < -0.4 is 0 Å². The highest BCUT2D eigenvalue weighted by molar-refractivity contribution is 7.99. The predicted molar refractivity (Wildman–Crippen MR) is 61.2 cm³/mol. The molecule has 1 aliphatic heterocycles. The molecule has 1 aromatic heterocycles. The van der Waals surface area contributed by atoms with E-state index in [1.807, 2.05) is 24.3 Å². The number of nitrogens with zero attached hydrogens (tertiary/aromatic N) is 3. The first-order chi connectivity index (χ1) is 7.86. The Balaban J connectivity index is 1.98. The van der Waals surface area contributed by atoms with Crippen LogP contribution in [0.25, 0.3) is 0 Å². The van der Waals surface area contributed by atoms with Crippen molar-refractivity contribution in [3.05, 3.63) is 42.5 Å². The van der Waals surface area contributed by atoms with Crippen LogP contribution in [0.3, 0.4) is 0 Å². The summed E-state index contributed by atoms with van der Waals surface area (Å²) in [6.07, 6.45) is 2.65. The first-order valence-corrected chi connectivity index (χ1v) is 6.09. The van der Waals surface area contributed by atoms with Gasteiger partial charge in [-0.2, -0.15) is 5.10 Å². The van der Waals surface area contributed by atoms with Gasteiger partial charge >= 0.3 is 0 Å². The predicted octanol–water partition coefficient (Wildman–Crippen LogP) is 1.66. The molecule has 2 aromatic rings. The maximum Gasteiger partial charge on any atom is 0.137 e. The van der Waals surface area contributed by atoms with Gasteiger partial charge in [-0.3, -0.25) is 0 Å². The van der Waals surface area contributed by atoms with Crippen LogP contribution in [0.15, 0.2) is 41.8 Å². The van der Waals surface area contributed by atoms with E-state index in [4.69, 9.17) is 0 Å². The van der Waals surface area contributed by atoms with Crippen LogP contribution in [0.5, 0.6) is 0 Å². The Labute approximate surface area is 97.3 Å². The summed E-state index contributed by atoms with van der Waals surface area (Å²) >= 11 is 1.75. The Morgan fingerprint density at radius 2 is 2.25 bits per heavy atom. The van der Waals surface area contributed by atoms with Gasteiger partial charge in [0.15, 0.2) is 0 Å². The Morgan fingerprint density at radius 3 is 3.06 bits per heavy atom. The number of thioether (sulfide) groups is 1. The highest BCUT2D eigenvalue weighted by Crippen LogP contribution is 2.41. The highest BCUT2D eigenvalue weighted by Gasteiger charge is 2.29. The second-order valence-corrected chi connectivity index (χ2v) is 4.80. The largest absolute Gasteiger partial charge is 0.386 e. The summed E-state index contributed by atoms with van der Waals surface area (Å²) in [6, 6.07) is 7.93. The van der Waals surface area contributed by atoms with E-state index in [1.165, 1.54) is 6.33 Å². The summed E-state index contributed by atoms with van der Waals surface area (Å²) in [4.78, 5) is 5.08. The normalized spacial score (nSPS) is 24.1. The smallest absolute Gasteiger partial charge is 0.137 e. The van der Waals surface area contributed by atoms with Gasteiger partial charge in [0.1, 0.15) is 18.8 Å². The van der Waals surface area contributed by atoms with E-state index in [2.05, 4.69) is 10.1 Å². The number of aliphatic hydroxyl groups excluding tert-OH is 1. The van der Waals surface area contributed by atoms with Crippen molar-refractivity contribution in [1.29, 1.82) is 0 Å². The maximum atomic E-state index is 10.3. The summed E-state index contributed by atoms with van der Waals surface area (Å²) in [5.41, 5.74) is 0.985. The number of aliphatic hydroxyl groups is 1. The van der Waals surface area contributed by atoms with Crippen molar-refractivity contribution in [1.82, 2.24) is 14.8 Å². The fourth-order valence-corrected chi connectivity index (χ4v) is 3.16. The van der Waals surface area contributed by atoms with Crippen molar-refractivity contribution in [2.75, 3.05) is 5.75 Å². The van der Waals surface area contributed by atoms with E-state index in [0.717, 1.165) is 16.2 Å². The molecule has 5 heteroatoms. The van der Waals surface area contributed by atoms with Crippen LogP contribution in [0.1, 0.15) is 17.7 Å². The number of hydrogen-bond acceptors (Lipinski definition) is 4. The molecule has 4 nitrogen and oxygen atoms in total. The molecule has 0 bridgehead atoms. The molecule has 0 saturated heterocycles. The average molecular weight is 233 g/mol. The van der Waals surface area contributed by atoms with E-state index in [0.29, 0.717) is 0 Å². The van der Waals surface area contributed by atoms with Crippen molar-refractivity contribution < 1.29 is 5.11 Å². The molecular formula is C11H11N3OS. The molecule has 16 heavy (non-hydrogen) atoms. The van der Waals surface area contributed by atoms with Crippen LogP contribution in [-0.2, 0) is 0 Å². The second kappa shape index (κ2) is 3.92. The van der Waals surface area contributed by atoms with Gasteiger partial charge in [-0.05, 0) is 11.6 Å². The molecule has 0 spiro atoms. The lowest BCUT2D eigenvalue weighted by Crippen LogP contribution is -2.24. The van der Waals surface area contributed by atoms with Gasteiger partial charge in [-0.15, -0.1) is 11.8 Å². The molecule has 0 saturated carbocycles. The summed E-state index contributed by atoms with van der Waals surface area (Å²) in [5, 5.41) is 14.4. The average Bonchev–Trinajstić information content (AvgIpc) is 2.83. The molecule has 0 fully saturated rings. The molecule has 2 heterocycles. The minimum Gasteiger partial charge on any atom is -0.386 e. The SMILES string of the molecule is OC1c2ccccc2SCC1n1cncn1. The van der Waals surface area contributed by atoms with Crippen LogP contribution >= 0.6 is 11.8 Å². The Bertz CT molecular complexity index is 486. The third kappa shape index (κ3) is 1.52. The van der Waals surface area contributed by atoms with Gasteiger partial charge in [0.25, 0.3) is 0 Å². The van der Waals surface area contributed by atoms with Crippen molar-refractivity contribution in [2.45, 2.75) is 17.0 Å².